The third-order valence-corrected chi connectivity index (χ3v) is 4.24. The number of allylic oxidation sites excluding steroid dienone is 1. The summed E-state index contributed by atoms with van der Waals surface area (Å²) in [7, 11) is -3.52. The van der Waals surface area contributed by atoms with E-state index in [9.17, 15) is 8.42 Å². The normalized spacial score (nSPS) is 16.3. The molecule has 0 saturated carbocycles. The first-order valence-corrected chi connectivity index (χ1v) is 7.28. The molecule has 0 aromatic heterocycles. The van der Waals surface area contributed by atoms with Gasteiger partial charge >= 0.3 is 0 Å². The molecular weight excluding hydrogens is 258 g/mol. The first-order valence-electron chi connectivity index (χ1n) is 5.84. The molecule has 0 bridgehead atoms. The van der Waals surface area contributed by atoms with Crippen molar-refractivity contribution in [3.8, 4) is 0 Å². The van der Waals surface area contributed by atoms with E-state index in [4.69, 9.17) is 0 Å². The van der Waals surface area contributed by atoms with E-state index in [-0.39, 0.29) is 4.90 Å². The summed E-state index contributed by atoms with van der Waals surface area (Å²) in [5.74, 6) is 0. The second-order valence-electron chi connectivity index (χ2n) is 4.19. The van der Waals surface area contributed by atoms with Crippen LogP contribution in [0.3, 0.4) is 0 Å². The summed E-state index contributed by atoms with van der Waals surface area (Å²) < 4.78 is 27.5. The van der Waals surface area contributed by atoms with Crippen molar-refractivity contribution in [2.75, 3.05) is 0 Å². The van der Waals surface area contributed by atoms with E-state index in [2.05, 4.69) is 4.40 Å². The van der Waals surface area contributed by atoms with Gasteiger partial charge in [-0.25, -0.2) is 0 Å². The average molecular weight is 269 g/mol. The van der Waals surface area contributed by atoms with Gasteiger partial charge in [0, 0.05) is 5.56 Å². The maximum atomic E-state index is 11.9. The van der Waals surface area contributed by atoms with Crippen LogP contribution in [0.5, 0.6) is 0 Å². The predicted molar refractivity (Wildman–Crippen MR) is 75.6 cm³/mol. The number of fused-ring (bicyclic) bond motifs is 1. The summed E-state index contributed by atoms with van der Waals surface area (Å²) in [6, 6.07) is 16.6. The molecule has 0 saturated heterocycles. The minimum absolute atomic E-state index is 0.280. The number of sulfonamides is 1. The van der Waals surface area contributed by atoms with E-state index in [0.29, 0.717) is 11.3 Å². The van der Waals surface area contributed by atoms with E-state index in [1.54, 1.807) is 24.3 Å². The van der Waals surface area contributed by atoms with Gasteiger partial charge in [-0.05, 0) is 17.7 Å². The van der Waals surface area contributed by atoms with Crippen molar-refractivity contribution in [1.82, 2.24) is 0 Å². The maximum absolute atomic E-state index is 11.9. The molecule has 0 fully saturated rings. The average Bonchev–Trinajstić information content (AvgIpc) is 2.70. The zero-order chi connectivity index (χ0) is 13.3. The Morgan fingerprint density at radius 2 is 1.53 bits per heavy atom. The minimum Gasteiger partial charge on any atom is -0.199 e. The smallest absolute Gasteiger partial charge is 0.199 e. The van der Waals surface area contributed by atoms with E-state index in [0.717, 1.165) is 5.56 Å². The van der Waals surface area contributed by atoms with Crippen molar-refractivity contribution in [1.29, 1.82) is 0 Å². The van der Waals surface area contributed by atoms with E-state index in [1.807, 2.05) is 42.5 Å². The Kier molecular flexibility index (Phi) is 2.80. The number of benzene rings is 2. The number of nitrogens with zero attached hydrogens (tertiary/aromatic N) is 1. The summed E-state index contributed by atoms with van der Waals surface area (Å²) >= 11 is 0. The summed E-state index contributed by atoms with van der Waals surface area (Å²) in [6.07, 6.45) is 3.59. The lowest BCUT2D eigenvalue weighted by Gasteiger charge is -1.96. The van der Waals surface area contributed by atoms with Crippen LogP contribution in [-0.2, 0) is 10.0 Å². The van der Waals surface area contributed by atoms with Gasteiger partial charge in [0.1, 0.15) is 0 Å². The molecule has 0 spiro atoms. The molecule has 0 amide bonds. The van der Waals surface area contributed by atoms with Gasteiger partial charge < -0.3 is 0 Å². The SMILES string of the molecule is O=S1(=O)N=C(/C=C\c2ccccc2)c2ccccc21. The fourth-order valence-corrected chi connectivity index (χ4v) is 3.21. The molecule has 19 heavy (non-hydrogen) atoms. The molecule has 3 nitrogen and oxygen atoms in total. The zero-order valence-electron chi connectivity index (χ0n) is 10.0. The monoisotopic (exact) mass is 269 g/mol. The molecule has 3 rings (SSSR count). The summed E-state index contributed by atoms with van der Waals surface area (Å²) in [6.45, 7) is 0. The Morgan fingerprint density at radius 1 is 0.842 bits per heavy atom. The molecule has 1 heterocycles. The Morgan fingerprint density at radius 3 is 2.32 bits per heavy atom. The molecule has 0 unspecified atom stereocenters. The Balaban J connectivity index is 2.02. The first kappa shape index (κ1) is 11.9. The maximum Gasteiger partial charge on any atom is 0.283 e. The Hall–Kier alpha value is -2.20. The van der Waals surface area contributed by atoms with E-state index >= 15 is 0 Å². The molecule has 0 radical (unpaired) electrons. The molecule has 0 aliphatic carbocycles. The van der Waals surface area contributed by atoms with Crippen LogP contribution in [0, 0.1) is 0 Å². The minimum atomic E-state index is -3.52. The van der Waals surface area contributed by atoms with Gasteiger partial charge in [0.05, 0.1) is 10.6 Å². The van der Waals surface area contributed by atoms with Crippen LogP contribution in [0.25, 0.3) is 6.08 Å². The molecule has 4 heteroatoms. The van der Waals surface area contributed by atoms with Crippen molar-refractivity contribution >= 4 is 21.8 Å². The molecular formula is C15H11NO2S. The van der Waals surface area contributed by atoms with Crippen LogP contribution in [0.2, 0.25) is 0 Å². The number of rotatable bonds is 2. The van der Waals surface area contributed by atoms with Crippen LogP contribution < -0.4 is 0 Å². The third kappa shape index (κ3) is 2.22. The van der Waals surface area contributed by atoms with Gasteiger partial charge in [0.2, 0.25) is 0 Å². The molecule has 0 N–H and O–H groups in total. The van der Waals surface area contributed by atoms with Crippen molar-refractivity contribution < 1.29 is 8.42 Å². The molecule has 94 valence electrons. The van der Waals surface area contributed by atoms with Crippen LogP contribution in [-0.4, -0.2) is 14.1 Å². The largest absolute Gasteiger partial charge is 0.283 e. The van der Waals surface area contributed by atoms with Gasteiger partial charge in [0.15, 0.2) is 0 Å². The van der Waals surface area contributed by atoms with Crippen LogP contribution >= 0.6 is 0 Å². The predicted octanol–water partition coefficient (Wildman–Crippen LogP) is 2.89. The van der Waals surface area contributed by atoms with Crippen LogP contribution in [0.4, 0.5) is 0 Å². The second kappa shape index (κ2) is 4.48. The quantitative estimate of drug-likeness (QED) is 0.841. The molecule has 1 aliphatic heterocycles. The number of hydrogen-bond acceptors (Lipinski definition) is 2. The lowest BCUT2D eigenvalue weighted by molar-refractivity contribution is 0.599. The van der Waals surface area contributed by atoms with Gasteiger partial charge in [-0.15, -0.1) is 0 Å². The highest BCUT2D eigenvalue weighted by Gasteiger charge is 2.26. The third-order valence-electron chi connectivity index (χ3n) is 2.89. The molecule has 2 aromatic carbocycles. The fraction of sp³-hybridized carbons (Fsp3) is 0. The highest BCUT2D eigenvalue weighted by atomic mass is 32.2. The van der Waals surface area contributed by atoms with Crippen molar-refractivity contribution in [2.45, 2.75) is 4.90 Å². The zero-order valence-corrected chi connectivity index (χ0v) is 10.8. The van der Waals surface area contributed by atoms with Crippen molar-refractivity contribution in [2.24, 2.45) is 4.40 Å². The standard InChI is InChI=1S/C15H11NO2S/c17-19(18)15-9-5-4-8-13(15)14(16-19)11-10-12-6-2-1-3-7-12/h1-11H/b11-10-. The van der Waals surface area contributed by atoms with Crippen molar-refractivity contribution in [3.05, 3.63) is 71.8 Å². The summed E-state index contributed by atoms with van der Waals surface area (Å²) in [5, 5.41) is 0. The van der Waals surface area contributed by atoms with Crippen LogP contribution in [0.1, 0.15) is 11.1 Å². The Labute approximate surface area is 112 Å². The van der Waals surface area contributed by atoms with Crippen LogP contribution in [0.15, 0.2) is 70.0 Å². The van der Waals surface area contributed by atoms with Gasteiger partial charge in [-0.1, -0.05) is 54.6 Å². The molecule has 2 aromatic rings. The summed E-state index contributed by atoms with van der Waals surface area (Å²) in [5.41, 5.74) is 2.15. The Bertz CT molecular complexity index is 775. The molecule has 0 atom stereocenters. The van der Waals surface area contributed by atoms with E-state index in [1.165, 1.54) is 0 Å². The first-order chi connectivity index (χ1) is 9.17. The highest BCUT2D eigenvalue weighted by molar-refractivity contribution is 7.90. The van der Waals surface area contributed by atoms with Crippen molar-refractivity contribution in [3.63, 3.8) is 0 Å². The molecule has 1 aliphatic rings. The lowest BCUT2D eigenvalue weighted by atomic mass is 10.1. The van der Waals surface area contributed by atoms with E-state index < -0.39 is 10.0 Å². The van der Waals surface area contributed by atoms with Gasteiger partial charge in [-0.3, -0.25) is 0 Å². The topological polar surface area (TPSA) is 46.5 Å². The van der Waals surface area contributed by atoms with Gasteiger partial charge in [0.25, 0.3) is 10.0 Å². The highest BCUT2D eigenvalue weighted by Crippen LogP contribution is 2.26. The number of hydrogen-bond donors (Lipinski definition) is 0. The lowest BCUT2D eigenvalue weighted by Crippen LogP contribution is -1.93. The second-order valence-corrected chi connectivity index (χ2v) is 5.76. The van der Waals surface area contributed by atoms with Gasteiger partial charge in [-0.2, -0.15) is 12.8 Å². The fourth-order valence-electron chi connectivity index (χ4n) is 1.99. The summed E-state index contributed by atoms with van der Waals surface area (Å²) in [4.78, 5) is 0.280.